The van der Waals surface area contributed by atoms with Crippen LogP contribution in [-0.4, -0.2) is 18.2 Å². The molecule has 0 aliphatic heterocycles. The Morgan fingerprint density at radius 2 is 2.16 bits per heavy atom. The number of hydrogen-bond acceptors (Lipinski definition) is 4. The number of carboxylic acids is 1. The molecule has 2 N–H and O–H groups in total. The van der Waals surface area contributed by atoms with E-state index >= 15 is 0 Å². The first-order valence-electron chi connectivity index (χ1n) is 5.84. The van der Waals surface area contributed by atoms with Crippen molar-refractivity contribution >= 4 is 5.97 Å². The van der Waals surface area contributed by atoms with Gasteiger partial charge in [0, 0.05) is 12.1 Å². The highest BCUT2D eigenvalue weighted by Gasteiger charge is 2.08. The number of rotatable bonds is 6. The summed E-state index contributed by atoms with van der Waals surface area (Å²) in [6, 6.07) is 9.23. The van der Waals surface area contributed by atoms with E-state index < -0.39 is 5.97 Å². The highest BCUT2D eigenvalue weighted by molar-refractivity contribution is 5.87. The van der Waals surface area contributed by atoms with E-state index in [1.54, 1.807) is 7.11 Å². The second-order valence-corrected chi connectivity index (χ2v) is 4.02. The second kappa shape index (κ2) is 6.06. The fourth-order valence-corrected chi connectivity index (χ4v) is 1.75. The van der Waals surface area contributed by atoms with Crippen molar-refractivity contribution < 1.29 is 19.1 Å². The van der Waals surface area contributed by atoms with E-state index in [1.165, 1.54) is 12.3 Å². The van der Waals surface area contributed by atoms with Crippen LogP contribution >= 0.6 is 0 Å². The third-order valence-corrected chi connectivity index (χ3v) is 2.71. The summed E-state index contributed by atoms with van der Waals surface area (Å²) in [7, 11) is 1.63. The van der Waals surface area contributed by atoms with Crippen molar-refractivity contribution in [3.05, 3.63) is 53.5 Å². The van der Waals surface area contributed by atoms with Crippen molar-refractivity contribution in [3.63, 3.8) is 0 Å². The molecule has 1 aromatic carbocycles. The molecule has 19 heavy (non-hydrogen) atoms. The van der Waals surface area contributed by atoms with Gasteiger partial charge in [-0.1, -0.05) is 18.2 Å². The van der Waals surface area contributed by atoms with Crippen molar-refractivity contribution in [2.75, 3.05) is 7.11 Å². The van der Waals surface area contributed by atoms with Crippen molar-refractivity contribution in [2.24, 2.45) is 0 Å². The summed E-state index contributed by atoms with van der Waals surface area (Å²) in [5, 5.41) is 12.0. The molecule has 0 aliphatic rings. The highest BCUT2D eigenvalue weighted by Crippen LogP contribution is 2.17. The molecule has 0 bridgehead atoms. The molecule has 5 nitrogen and oxygen atoms in total. The van der Waals surface area contributed by atoms with Crippen LogP contribution in [0.1, 0.15) is 21.7 Å². The van der Waals surface area contributed by atoms with Crippen molar-refractivity contribution in [1.29, 1.82) is 0 Å². The Labute approximate surface area is 110 Å². The van der Waals surface area contributed by atoms with Crippen LogP contribution in [0.15, 0.2) is 41.0 Å². The fraction of sp³-hybridized carbons (Fsp3) is 0.214. The lowest BCUT2D eigenvalue weighted by molar-refractivity contribution is 0.0696. The summed E-state index contributed by atoms with van der Waals surface area (Å²) in [6.07, 6.45) is 1.24. The van der Waals surface area contributed by atoms with Crippen LogP contribution in [0.5, 0.6) is 5.75 Å². The smallest absolute Gasteiger partial charge is 0.338 e. The maximum atomic E-state index is 10.7. The first-order chi connectivity index (χ1) is 9.20. The summed E-state index contributed by atoms with van der Waals surface area (Å²) in [4.78, 5) is 10.7. The number of para-hydroxylation sites is 1. The Balaban J connectivity index is 1.90. The van der Waals surface area contributed by atoms with Gasteiger partial charge in [0.1, 0.15) is 17.8 Å². The van der Waals surface area contributed by atoms with Gasteiger partial charge in [0.2, 0.25) is 0 Å². The number of carbonyl (C=O) groups is 1. The van der Waals surface area contributed by atoms with E-state index in [0.29, 0.717) is 18.8 Å². The van der Waals surface area contributed by atoms with Gasteiger partial charge in [-0.15, -0.1) is 0 Å². The van der Waals surface area contributed by atoms with Crippen LogP contribution < -0.4 is 10.1 Å². The predicted octanol–water partition coefficient (Wildman–Crippen LogP) is 2.28. The molecule has 0 saturated heterocycles. The minimum Gasteiger partial charge on any atom is -0.496 e. The van der Waals surface area contributed by atoms with E-state index in [0.717, 1.165) is 11.3 Å². The molecule has 0 atom stereocenters. The molecule has 0 amide bonds. The van der Waals surface area contributed by atoms with Crippen LogP contribution in [0, 0.1) is 0 Å². The quantitative estimate of drug-likeness (QED) is 0.834. The summed E-state index contributed by atoms with van der Waals surface area (Å²) >= 11 is 0. The molecule has 0 unspecified atom stereocenters. The maximum Gasteiger partial charge on any atom is 0.338 e. The fourth-order valence-electron chi connectivity index (χ4n) is 1.75. The summed E-state index contributed by atoms with van der Waals surface area (Å²) in [5.74, 6) is 0.424. The first-order valence-corrected chi connectivity index (χ1v) is 5.84. The molecule has 0 saturated carbocycles. The van der Waals surface area contributed by atoms with Crippen molar-refractivity contribution in [2.45, 2.75) is 13.1 Å². The van der Waals surface area contributed by atoms with E-state index in [9.17, 15) is 4.79 Å². The zero-order valence-corrected chi connectivity index (χ0v) is 10.6. The Bertz CT molecular complexity index is 562. The summed E-state index contributed by atoms with van der Waals surface area (Å²) in [5.41, 5.74) is 1.20. The number of nitrogens with one attached hydrogen (secondary N) is 1. The second-order valence-electron chi connectivity index (χ2n) is 4.02. The minimum absolute atomic E-state index is 0.161. The Morgan fingerprint density at radius 3 is 2.84 bits per heavy atom. The van der Waals surface area contributed by atoms with Crippen LogP contribution in [-0.2, 0) is 13.1 Å². The number of ether oxygens (including phenoxy) is 1. The third kappa shape index (κ3) is 3.35. The lowest BCUT2D eigenvalue weighted by Crippen LogP contribution is -2.12. The van der Waals surface area contributed by atoms with E-state index in [1.807, 2.05) is 24.3 Å². The molecular formula is C14H15NO4. The molecule has 1 aromatic heterocycles. The van der Waals surface area contributed by atoms with E-state index in [4.69, 9.17) is 14.3 Å². The Hall–Kier alpha value is -2.27. The Kier molecular flexibility index (Phi) is 4.20. The number of benzene rings is 1. The lowest BCUT2D eigenvalue weighted by atomic mass is 10.2. The maximum absolute atomic E-state index is 10.7. The highest BCUT2D eigenvalue weighted by atomic mass is 16.5. The van der Waals surface area contributed by atoms with Gasteiger partial charge < -0.3 is 19.6 Å². The number of methoxy groups -OCH3 is 1. The van der Waals surface area contributed by atoms with Crippen molar-refractivity contribution in [1.82, 2.24) is 5.32 Å². The number of carboxylic acid groups (broad SMARTS) is 1. The molecule has 2 rings (SSSR count). The average Bonchev–Trinajstić information content (AvgIpc) is 2.88. The average molecular weight is 261 g/mol. The standard InChI is InChI=1S/C14H15NO4/c1-18-13-5-3-2-4-10(13)7-15-8-12-6-11(9-19-12)14(16)17/h2-6,9,15H,7-8H2,1H3,(H,16,17). The van der Waals surface area contributed by atoms with Gasteiger partial charge in [0.25, 0.3) is 0 Å². The molecule has 0 spiro atoms. The molecule has 2 aromatic rings. The van der Waals surface area contributed by atoms with Crippen LogP contribution in [0.2, 0.25) is 0 Å². The van der Waals surface area contributed by atoms with Crippen LogP contribution in [0.25, 0.3) is 0 Å². The monoisotopic (exact) mass is 261 g/mol. The zero-order chi connectivity index (χ0) is 13.7. The Morgan fingerprint density at radius 1 is 1.37 bits per heavy atom. The van der Waals surface area contributed by atoms with Gasteiger partial charge >= 0.3 is 5.97 Å². The van der Waals surface area contributed by atoms with E-state index in [2.05, 4.69) is 5.32 Å². The largest absolute Gasteiger partial charge is 0.496 e. The molecule has 1 heterocycles. The predicted molar refractivity (Wildman–Crippen MR) is 69.2 cm³/mol. The summed E-state index contributed by atoms with van der Waals surface area (Å²) in [6.45, 7) is 1.08. The molecule has 0 aliphatic carbocycles. The molecule has 0 fully saturated rings. The van der Waals surface area contributed by atoms with Crippen LogP contribution in [0.3, 0.4) is 0 Å². The molecule has 0 radical (unpaired) electrons. The number of furan rings is 1. The van der Waals surface area contributed by atoms with Crippen LogP contribution in [0.4, 0.5) is 0 Å². The van der Waals surface area contributed by atoms with E-state index in [-0.39, 0.29) is 5.56 Å². The topological polar surface area (TPSA) is 71.7 Å². The SMILES string of the molecule is COc1ccccc1CNCc1cc(C(=O)O)co1. The van der Waals surface area contributed by atoms with Gasteiger partial charge in [0.15, 0.2) is 0 Å². The van der Waals surface area contributed by atoms with Gasteiger partial charge in [-0.2, -0.15) is 0 Å². The van der Waals surface area contributed by atoms with Gasteiger partial charge in [-0.05, 0) is 12.1 Å². The first kappa shape index (κ1) is 13.2. The lowest BCUT2D eigenvalue weighted by Gasteiger charge is -2.08. The normalized spacial score (nSPS) is 10.4. The third-order valence-electron chi connectivity index (χ3n) is 2.71. The zero-order valence-electron chi connectivity index (χ0n) is 10.6. The molecular weight excluding hydrogens is 246 g/mol. The number of hydrogen-bond donors (Lipinski definition) is 2. The van der Waals surface area contributed by atoms with Crippen molar-refractivity contribution in [3.8, 4) is 5.75 Å². The number of aromatic carboxylic acids is 1. The van der Waals surface area contributed by atoms with Gasteiger partial charge in [0.05, 0.1) is 19.2 Å². The van der Waals surface area contributed by atoms with Gasteiger partial charge in [-0.25, -0.2) is 4.79 Å². The van der Waals surface area contributed by atoms with Gasteiger partial charge in [-0.3, -0.25) is 0 Å². The molecule has 5 heteroatoms. The molecule has 100 valence electrons. The summed E-state index contributed by atoms with van der Waals surface area (Å²) < 4.78 is 10.4. The minimum atomic E-state index is -0.986.